The molecule has 19 heavy (non-hydrogen) atoms. The lowest BCUT2D eigenvalue weighted by molar-refractivity contribution is 0.281. The van der Waals surface area contributed by atoms with Gasteiger partial charge in [-0.2, -0.15) is 0 Å². The maximum atomic E-state index is 5.84. The minimum Gasteiger partial charge on any atom is -0.477 e. The van der Waals surface area contributed by atoms with Gasteiger partial charge in [-0.25, -0.2) is 4.98 Å². The van der Waals surface area contributed by atoms with E-state index in [0.717, 1.165) is 43.4 Å². The van der Waals surface area contributed by atoms with E-state index in [1.54, 1.807) is 6.20 Å². The molecule has 0 aromatic carbocycles. The average Bonchev–Trinajstić information content (AvgIpc) is 2.41. The lowest BCUT2D eigenvalue weighted by Gasteiger charge is -2.17. The summed E-state index contributed by atoms with van der Waals surface area (Å²) in [5.74, 6) is 1.51. The minimum atomic E-state index is 0.286. The molecule has 0 saturated carbocycles. The van der Waals surface area contributed by atoms with E-state index in [2.05, 4.69) is 44.1 Å². The van der Waals surface area contributed by atoms with Gasteiger partial charge in [0.15, 0.2) is 0 Å². The molecule has 0 aliphatic carbocycles. The topological polar surface area (TPSA) is 34.2 Å². The van der Waals surface area contributed by atoms with E-state index in [1.165, 1.54) is 6.42 Å². The average molecular weight is 264 g/mol. The zero-order valence-corrected chi connectivity index (χ0v) is 12.8. The van der Waals surface area contributed by atoms with Crippen LogP contribution in [0.3, 0.4) is 0 Å². The van der Waals surface area contributed by atoms with Crippen LogP contribution in [-0.2, 0) is 0 Å². The van der Waals surface area contributed by atoms with E-state index in [1.807, 2.05) is 6.07 Å². The van der Waals surface area contributed by atoms with Crippen LogP contribution in [0.25, 0.3) is 0 Å². The van der Waals surface area contributed by atoms with Gasteiger partial charge >= 0.3 is 0 Å². The molecule has 1 atom stereocenters. The number of nitrogens with one attached hydrogen (secondary N) is 1. The summed E-state index contributed by atoms with van der Waals surface area (Å²) in [4.78, 5) is 4.36. The molecule has 1 N–H and O–H groups in total. The maximum absolute atomic E-state index is 5.84. The fourth-order valence-corrected chi connectivity index (χ4v) is 1.98. The van der Waals surface area contributed by atoms with Crippen LogP contribution >= 0.6 is 0 Å². The van der Waals surface area contributed by atoms with Gasteiger partial charge in [0.2, 0.25) is 5.88 Å². The van der Waals surface area contributed by atoms with Gasteiger partial charge < -0.3 is 10.1 Å². The van der Waals surface area contributed by atoms with Crippen molar-refractivity contribution in [3.63, 3.8) is 0 Å². The van der Waals surface area contributed by atoms with Gasteiger partial charge in [-0.3, -0.25) is 0 Å². The van der Waals surface area contributed by atoms with Crippen molar-refractivity contribution in [2.45, 2.75) is 53.0 Å². The quantitative estimate of drug-likeness (QED) is 0.686. The number of pyridine rings is 1. The Hall–Kier alpha value is -1.09. The van der Waals surface area contributed by atoms with Crippen molar-refractivity contribution in [3.8, 4) is 5.88 Å². The minimum absolute atomic E-state index is 0.286. The van der Waals surface area contributed by atoms with E-state index in [0.29, 0.717) is 0 Å². The van der Waals surface area contributed by atoms with Crippen molar-refractivity contribution in [2.24, 2.45) is 5.92 Å². The van der Waals surface area contributed by atoms with Crippen LogP contribution in [0.5, 0.6) is 5.88 Å². The molecule has 3 heteroatoms. The molecule has 1 unspecified atom stereocenters. The first-order valence-corrected chi connectivity index (χ1v) is 7.46. The van der Waals surface area contributed by atoms with Crippen molar-refractivity contribution in [1.82, 2.24) is 10.3 Å². The third kappa shape index (κ3) is 6.06. The SMILES string of the molecule is CCCNC(C)c1cccnc1OCCCC(C)C. The van der Waals surface area contributed by atoms with Crippen LogP contribution in [0.1, 0.15) is 58.6 Å². The van der Waals surface area contributed by atoms with E-state index in [-0.39, 0.29) is 6.04 Å². The molecule has 0 radical (unpaired) electrons. The molecule has 1 aromatic heterocycles. The van der Waals surface area contributed by atoms with Crippen molar-refractivity contribution in [1.29, 1.82) is 0 Å². The van der Waals surface area contributed by atoms with Gasteiger partial charge in [-0.15, -0.1) is 0 Å². The van der Waals surface area contributed by atoms with Crippen molar-refractivity contribution < 1.29 is 4.74 Å². The number of hydrogen-bond donors (Lipinski definition) is 1. The molecular weight excluding hydrogens is 236 g/mol. The number of nitrogens with zero attached hydrogens (tertiary/aromatic N) is 1. The summed E-state index contributed by atoms with van der Waals surface area (Å²) in [6.45, 7) is 10.6. The normalized spacial score (nSPS) is 12.7. The van der Waals surface area contributed by atoms with Gasteiger partial charge in [0.1, 0.15) is 0 Å². The highest BCUT2D eigenvalue weighted by Crippen LogP contribution is 2.22. The highest BCUT2D eigenvalue weighted by molar-refractivity contribution is 5.28. The first-order chi connectivity index (χ1) is 9.15. The van der Waals surface area contributed by atoms with Crippen LogP contribution in [0.2, 0.25) is 0 Å². The molecule has 0 amide bonds. The Bertz CT molecular complexity index is 352. The molecule has 0 aliphatic rings. The number of ether oxygens (including phenoxy) is 1. The summed E-state index contributed by atoms with van der Waals surface area (Å²) in [5, 5.41) is 3.48. The summed E-state index contributed by atoms with van der Waals surface area (Å²) in [5.41, 5.74) is 1.15. The molecule has 0 saturated heterocycles. The van der Waals surface area contributed by atoms with Crippen LogP contribution in [0.4, 0.5) is 0 Å². The van der Waals surface area contributed by atoms with Gasteiger partial charge in [0.25, 0.3) is 0 Å². The highest BCUT2D eigenvalue weighted by atomic mass is 16.5. The first-order valence-electron chi connectivity index (χ1n) is 7.46. The van der Waals surface area contributed by atoms with Crippen LogP contribution in [0.15, 0.2) is 18.3 Å². The van der Waals surface area contributed by atoms with Crippen molar-refractivity contribution in [2.75, 3.05) is 13.2 Å². The molecule has 0 bridgehead atoms. The predicted octanol–water partition coefficient (Wildman–Crippen LogP) is 3.96. The molecule has 1 heterocycles. The summed E-state index contributed by atoms with van der Waals surface area (Å²) in [7, 11) is 0. The van der Waals surface area contributed by atoms with E-state index >= 15 is 0 Å². The highest BCUT2D eigenvalue weighted by Gasteiger charge is 2.11. The number of aromatic nitrogens is 1. The largest absolute Gasteiger partial charge is 0.477 e. The standard InChI is InChI=1S/C16H28N2O/c1-5-10-17-14(4)15-9-6-11-18-16(15)19-12-7-8-13(2)3/h6,9,11,13-14,17H,5,7-8,10,12H2,1-4H3. The van der Waals surface area contributed by atoms with E-state index < -0.39 is 0 Å². The Balaban J connectivity index is 2.52. The molecule has 1 rings (SSSR count). The van der Waals surface area contributed by atoms with Crippen LogP contribution in [-0.4, -0.2) is 18.1 Å². The molecule has 0 aliphatic heterocycles. The fraction of sp³-hybridized carbons (Fsp3) is 0.688. The Morgan fingerprint density at radius 2 is 2.11 bits per heavy atom. The van der Waals surface area contributed by atoms with Gasteiger partial charge in [0, 0.05) is 17.8 Å². The molecule has 0 spiro atoms. The second kappa shape index (κ2) is 8.92. The second-order valence-electron chi connectivity index (χ2n) is 5.46. The first kappa shape index (κ1) is 16.0. The lowest BCUT2D eigenvalue weighted by Crippen LogP contribution is -2.20. The van der Waals surface area contributed by atoms with Gasteiger partial charge in [-0.05, 0) is 44.7 Å². The Morgan fingerprint density at radius 1 is 1.32 bits per heavy atom. The number of rotatable bonds is 9. The molecule has 3 nitrogen and oxygen atoms in total. The third-order valence-electron chi connectivity index (χ3n) is 3.13. The van der Waals surface area contributed by atoms with E-state index in [9.17, 15) is 0 Å². The number of hydrogen-bond acceptors (Lipinski definition) is 3. The van der Waals surface area contributed by atoms with Crippen molar-refractivity contribution in [3.05, 3.63) is 23.9 Å². The second-order valence-corrected chi connectivity index (χ2v) is 5.46. The molecule has 1 aromatic rings. The predicted molar refractivity (Wildman–Crippen MR) is 80.5 cm³/mol. The maximum Gasteiger partial charge on any atom is 0.218 e. The van der Waals surface area contributed by atoms with Crippen molar-refractivity contribution >= 4 is 0 Å². The Morgan fingerprint density at radius 3 is 2.79 bits per heavy atom. The molecule has 0 fully saturated rings. The summed E-state index contributed by atoms with van der Waals surface area (Å²) in [6.07, 6.45) is 5.22. The molecule has 108 valence electrons. The Kier molecular flexibility index (Phi) is 7.49. The summed E-state index contributed by atoms with van der Waals surface area (Å²) in [6, 6.07) is 4.35. The molecular formula is C16H28N2O. The van der Waals surface area contributed by atoms with Gasteiger partial charge in [0.05, 0.1) is 6.61 Å². The monoisotopic (exact) mass is 264 g/mol. The summed E-state index contributed by atoms with van der Waals surface area (Å²) < 4.78 is 5.84. The van der Waals surface area contributed by atoms with Gasteiger partial charge in [-0.1, -0.05) is 26.8 Å². The lowest BCUT2D eigenvalue weighted by atomic mass is 10.1. The van der Waals surface area contributed by atoms with Crippen LogP contribution in [0, 0.1) is 5.92 Å². The summed E-state index contributed by atoms with van der Waals surface area (Å²) >= 11 is 0. The fourth-order valence-electron chi connectivity index (χ4n) is 1.98. The smallest absolute Gasteiger partial charge is 0.218 e. The zero-order valence-electron chi connectivity index (χ0n) is 12.8. The third-order valence-corrected chi connectivity index (χ3v) is 3.13. The zero-order chi connectivity index (χ0) is 14.1. The van der Waals surface area contributed by atoms with E-state index in [4.69, 9.17) is 4.74 Å². The Labute approximate surface area is 117 Å². The van der Waals surface area contributed by atoms with Crippen LogP contribution < -0.4 is 10.1 Å².